The molecule has 18 heavy (non-hydrogen) atoms. The Morgan fingerprint density at radius 3 is 2.56 bits per heavy atom. The molecule has 106 valence electrons. The van der Waals surface area contributed by atoms with Crippen molar-refractivity contribution in [1.82, 2.24) is 0 Å². The van der Waals surface area contributed by atoms with E-state index < -0.39 is 0 Å². The van der Waals surface area contributed by atoms with E-state index in [1.165, 1.54) is 0 Å². The van der Waals surface area contributed by atoms with Crippen molar-refractivity contribution in [3.05, 3.63) is 0 Å². The molecule has 0 aromatic rings. The van der Waals surface area contributed by atoms with Crippen LogP contribution in [0.15, 0.2) is 0 Å². The first kappa shape index (κ1) is 14.0. The van der Waals surface area contributed by atoms with Crippen LogP contribution in [0.1, 0.15) is 60.7 Å². The van der Waals surface area contributed by atoms with E-state index in [1.54, 1.807) is 0 Å². The molecule has 0 N–H and O–H groups in total. The largest absolute Gasteiger partial charge is 0.348 e. The molecule has 3 rings (SSSR count). The fourth-order valence-corrected chi connectivity index (χ4v) is 3.70. The molecular weight excluding hydrogens is 228 g/mol. The van der Waals surface area contributed by atoms with E-state index in [0.29, 0.717) is 11.7 Å². The van der Waals surface area contributed by atoms with Crippen LogP contribution in [0.2, 0.25) is 0 Å². The Morgan fingerprint density at radius 2 is 1.89 bits per heavy atom. The maximum Gasteiger partial charge on any atom is 0.168 e. The van der Waals surface area contributed by atoms with Crippen LogP contribution in [0.3, 0.4) is 0 Å². The van der Waals surface area contributed by atoms with Crippen LogP contribution in [0.25, 0.3) is 0 Å². The van der Waals surface area contributed by atoms with Gasteiger partial charge in [-0.2, -0.15) is 0 Å². The molecule has 1 unspecified atom stereocenters. The number of fused-ring (bicyclic) bond motifs is 1. The minimum atomic E-state index is -0.332. The molecule has 0 amide bonds. The van der Waals surface area contributed by atoms with Crippen LogP contribution in [0, 0.1) is 11.3 Å². The molecule has 3 heteroatoms. The topological polar surface area (TPSA) is 35.5 Å². The Bertz CT molecular complexity index is 313. The summed E-state index contributed by atoms with van der Waals surface area (Å²) in [4.78, 5) is 12.1. The molecule has 1 saturated heterocycles. The number of ketones is 1. The highest BCUT2D eigenvalue weighted by Crippen LogP contribution is 2.53. The van der Waals surface area contributed by atoms with Gasteiger partial charge in [0.25, 0.3) is 0 Å². The first-order valence-electron chi connectivity index (χ1n) is 7.46. The zero-order chi connectivity index (χ0) is 13.2. The van der Waals surface area contributed by atoms with E-state index in [0.717, 1.165) is 51.7 Å². The first-order chi connectivity index (χ1) is 8.65. The third kappa shape index (κ3) is 2.23. The highest BCUT2D eigenvalue weighted by molar-refractivity contribution is 5.85. The second kappa shape index (κ2) is 5.30. The van der Waals surface area contributed by atoms with Crippen LogP contribution >= 0.6 is 0 Å². The summed E-state index contributed by atoms with van der Waals surface area (Å²) in [7, 11) is 0. The lowest BCUT2D eigenvalue weighted by atomic mass is 9.58. The zero-order valence-corrected chi connectivity index (χ0v) is 12.0. The first-order valence-corrected chi connectivity index (χ1v) is 7.46. The molecule has 1 spiro atoms. The fraction of sp³-hybridized carbons (Fsp3) is 0.933. The Balaban J connectivity index is 0.000000576. The van der Waals surface area contributed by atoms with Crippen molar-refractivity contribution in [1.29, 1.82) is 0 Å². The predicted octanol–water partition coefficient (Wildman–Crippen LogP) is 3.56. The van der Waals surface area contributed by atoms with Gasteiger partial charge in [-0.1, -0.05) is 20.8 Å². The van der Waals surface area contributed by atoms with Gasteiger partial charge in [0.1, 0.15) is 5.78 Å². The van der Waals surface area contributed by atoms with E-state index in [4.69, 9.17) is 9.47 Å². The number of rotatable bonds is 0. The summed E-state index contributed by atoms with van der Waals surface area (Å²) in [6.45, 7) is 7.59. The summed E-state index contributed by atoms with van der Waals surface area (Å²) in [5.74, 6) is 0.610. The molecule has 0 radical (unpaired) electrons. The second-order valence-electron chi connectivity index (χ2n) is 5.74. The van der Waals surface area contributed by atoms with E-state index >= 15 is 0 Å². The normalized spacial score (nSPS) is 37.9. The number of hydrogen-bond acceptors (Lipinski definition) is 3. The third-order valence-corrected chi connectivity index (χ3v) is 4.89. The lowest BCUT2D eigenvalue weighted by Gasteiger charge is -2.49. The van der Waals surface area contributed by atoms with Gasteiger partial charge in [0.2, 0.25) is 0 Å². The Hall–Kier alpha value is -0.410. The summed E-state index contributed by atoms with van der Waals surface area (Å²) < 4.78 is 11.6. The molecule has 0 bridgehead atoms. The molecule has 0 aromatic heterocycles. The van der Waals surface area contributed by atoms with Gasteiger partial charge >= 0.3 is 0 Å². The lowest BCUT2D eigenvalue weighted by molar-refractivity contribution is -0.209. The quantitative estimate of drug-likeness (QED) is 0.665. The van der Waals surface area contributed by atoms with E-state index in [2.05, 4.69) is 6.92 Å². The third-order valence-electron chi connectivity index (χ3n) is 4.89. The average Bonchev–Trinajstić information content (AvgIpc) is 2.84. The molecule has 3 aliphatic rings. The van der Waals surface area contributed by atoms with Crippen molar-refractivity contribution in [3.8, 4) is 0 Å². The second-order valence-corrected chi connectivity index (χ2v) is 5.74. The van der Waals surface area contributed by atoms with Crippen molar-refractivity contribution >= 4 is 5.78 Å². The molecular formula is C15H28O3. The van der Waals surface area contributed by atoms with Gasteiger partial charge in [-0.25, -0.2) is 0 Å². The zero-order valence-electron chi connectivity index (χ0n) is 12.0. The summed E-state index contributed by atoms with van der Waals surface area (Å²) in [6.07, 6.45) is 5.76. The van der Waals surface area contributed by atoms with Crippen LogP contribution in [-0.4, -0.2) is 24.8 Å². The minimum absolute atomic E-state index is 0. The average molecular weight is 256 g/mol. The number of carbonyl (C=O) groups excluding carboxylic acids is 1. The smallest absolute Gasteiger partial charge is 0.168 e. The molecule has 0 aromatic carbocycles. The highest BCUT2D eigenvalue weighted by atomic mass is 16.7. The van der Waals surface area contributed by atoms with Crippen molar-refractivity contribution in [3.63, 3.8) is 0 Å². The van der Waals surface area contributed by atoms with Crippen LogP contribution in [0.4, 0.5) is 0 Å². The Morgan fingerprint density at radius 1 is 1.22 bits per heavy atom. The molecule has 3 nitrogen and oxygen atoms in total. The molecule has 2 atom stereocenters. The standard InChI is InChI=1S/C13H20O3.C2H6.H2/c1-12-5-6-13(15-7-8-16-13)9-10(12)3-2-4-11(12)14;1-2;/h10H,2-9H2,1H3;1-2H3;1H/t10?,12-;;/m0../s1. The fourth-order valence-electron chi connectivity index (χ4n) is 3.70. The van der Waals surface area contributed by atoms with Crippen LogP contribution in [0.5, 0.6) is 0 Å². The van der Waals surface area contributed by atoms with E-state index in [9.17, 15) is 4.79 Å². The van der Waals surface area contributed by atoms with Crippen molar-refractivity contribution in [2.75, 3.05) is 13.2 Å². The molecule has 2 saturated carbocycles. The highest BCUT2D eigenvalue weighted by Gasteiger charge is 2.53. The summed E-state index contributed by atoms with van der Waals surface area (Å²) in [5, 5.41) is 0. The summed E-state index contributed by atoms with van der Waals surface area (Å²) in [6, 6.07) is 0. The predicted molar refractivity (Wildman–Crippen MR) is 72.4 cm³/mol. The number of ether oxygens (including phenoxy) is 2. The van der Waals surface area contributed by atoms with Gasteiger partial charge in [0.15, 0.2) is 5.79 Å². The van der Waals surface area contributed by atoms with Crippen molar-refractivity contribution in [2.45, 2.75) is 65.1 Å². The summed E-state index contributed by atoms with van der Waals surface area (Å²) in [5.41, 5.74) is -0.0845. The number of carbonyl (C=O) groups is 1. The van der Waals surface area contributed by atoms with Crippen LogP contribution < -0.4 is 0 Å². The van der Waals surface area contributed by atoms with Gasteiger partial charge in [-0.3, -0.25) is 4.79 Å². The van der Waals surface area contributed by atoms with Gasteiger partial charge < -0.3 is 9.47 Å². The number of hydrogen-bond donors (Lipinski definition) is 0. The van der Waals surface area contributed by atoms with Gasteiger partial charge in [-0.05, 0) is 25.2 Å². The maximum absolute atomic E-state index is 12.1. The van der Waals surface area contributed by atoms with E-state index in [-0.39, 0.29) is 12.6 Å². The van der Waals surface area contributed by atoms with Crippen molar-refractivity contribution < 1.29 is 15.7 Å². The molecule has 3 fully saturated rings. The molecule has 1 aliphatic heterocycles. The van der Waals surface area contributed by atoms with Gasteiger partial charge in [0.05, 0.1) is 13.2 Å². The Kier molecular flexibility index (Phi) is 4.12. The van der Waals surface area contributed by atoms with Gasteiger partial charge in [-0.15, -0.1) is 0 Å². The minimum Gasteiger partial charge on any atom is -0.348 e. The van der Waals surface area contributed by atoms with E-state index in [1.807, 2.05) is 13.8 Å². The molecule has 1 heterocycles. The lowest BCUT2D eigenvalue weighted by Crippen LogP contribution is -2.50. The van der Waals surface area contributed by atoms with Crippen LogP contribution in [-0.2, 0) is 14.3 Å². The molecule has 2 aliphatic carbocycles. The van der Waals surface area contributed by atoms with Gasteiger partial charge in [0, 0.05) is 26.1 Å². The maximum atomic E-state index is 12.1. The SMILES string of the molecule is CC.C[C@]12CCC3(CC1CCCC2=O)OCCO3.[HH]. The monoisotopic (exact) mass is 256 g/mol. The Labute approximate surface area is 112 Å². The summed E-state index contributed by atoms with van der Waals surface area (Å²) >= 11 is 0. The van der Waals surface area contributed by atoms with Crippen molar-refractivity contribution in [2.24, 2.45) is 11.3 Å². The number of Topliss-reactive ketones (excluding diaryl/α,β-unsaturated/α-hetero) is 1.